The van der Waals surface area contributed by atoms with E-state index in [4.69, 9.17) is 0 Å². The van der Waals surface area contributed by atoms with Crippen LogP contribution in [0.3, 0.4) is 0 Å². The number of imidazole rings is 1. The van der Waals surface area contributed by atoms with Gasteiger partial charge in [-0.1, -0.05) is 18.2 Å². The molecule has 178 valence electrons. The van der Waals surface area contributed by atoms with Crippen molar-refractivity contribution in [3.63, 3.8) is 0 Å². The van der Waals surface area contributed by atoms with E-state index >= 15 is 0 Å². The lowest BCUT2D eigenvalue weighted by Gasteiger charge is -2.11. The highest BCUT2D eigenvalue weighted by molar-refractivity contribution is 6.23. The van der Waals surface area contributed by atoms with Gasteiger partial charge in [-0.2, -0.15) is 0 Å². The van der Waals surface area contributed by atoms with Gasteiger partial charge in [-0.05, 0) is 41.8 Å². The Kier molecular flexibility index (Phi) is 4.99. The van der Waals surface area contributed by atoms with E-state index in [-0.39, 0.29) is 29.1 Å². The van der Waals surface area contributed by atoms with Gasteiger partial charge in [0.05, 0.1) is 22.0 Å². The number of nitrogens with one attached hydrogen (secondary N) is 3. The van der Waals surface area contributed by atoms with Gasteiger partial charge in [-0.25, -0.2) is 22.5 Å². The zero-order chi connectivity index (χ0) is 25.0. The van der Waals surface area contributed by atoms with Crippen molar-refractivity contribution >= 4 is 38.3 Å². The molecule has 0 aliphatic heterocycles. The van der Waals surface area contributed by atoms with Crippen LogP contribution in [0.2, 0.25) is 0 Å². The second-order valence-electron chi connectivity index (χ2n) is 8.35. The standard InChI is InChI=1S/C27H16F4N4O/c28-14-5-4-13(21(31)10-14)12-33-15-6-7-16-18(11-15)22-17(8-9-32-27(22)36)25-24(16)34-26(35-25)23-19(29)2-1-3-20(23)30/h1-11,33H,12H2,(H,32,36)(H,34,35). The number of hydrogen-bond donors (Lipinski definition) is 3. The fourth-order valence-corrected chi connectivity index (χ4v) is 4.49. The molecular formula is C27H16F4N4O. The lowest BCUT2D eigenvalue weighted by Crippen LogP contribution is -2.06. The van der Waals surface area contributed by atoms with Gasteiger partial charge in [-0.15, -0.1) is 0 Å². The first-order valence-electron chi connectivity index (χ1n) is 11.0. The van der Waals surface area contributed by atoms with E-state index in [9.17, 15) is 22.4 Å². The predicted octanol–water partition coefficient (Wildman–Crippen LogP) is 6.39. The number of aromatic amines is 2. The van der Waals surface area contributed by atoms with Crippen molar-refractivity contribution < 1.29 is 17.6 Å². The topological polar surface area (TPSA) is 73.6 Å². The number of H-pyrrole nitrogens is 2. The number of pyridine rings is 1. The number of benzene rings is 4. The van der Waals surface area contributed by atoms with Gasteiger partial charge < -0.3 is 15.3 Å². The van der Waals surface area contributed by atoms with Gasteiger partial charge in [0.1, 0.15) is 29.1 Å². The number of nitrogens with zero attached hydrogens (tertiary/aromatic N) is 1. The number of aromatic nitrogens is 3. The molecule has 0 spiro atoms. The largest absolute Gasteiger partial charge is 0.381 e. The molecule has 9 heteroatoms. The van der Waals surface area contributed by atoms with E-state index in [1.165, 1.54) is 24.4 Å². The average Bonchev–Trinajstić information content (AvgIpc) is 3.28. The Balaban J connectivity index is 1.54. The number of fused-ring (bicyclic) bond motifs is 6. The number of hydrogen-bond acceptors (Lipinski definition) is 3. The van der Waals surface area contributed by atoms with Crippen LogP contribution in [-0.4, -0.2) is 15.0 Å². The van der Waals surface area contributed by atoms with Crippen LogP contribution >= 0.6 is 0 Å². The van der Waals surface area contributed by atoms with E-state index in [1.54, 1.807) is 24.3 Å². The van der Waals surface area contributed by atoms with Gasteiger partial charge in [0.2, 0.25) is 0 Å². The molecule has 2 heterocycles. The van der Waals surface area contributed by atoms with Crippen molar-refractivity contribution in [3.05, 3.63) is 106 Å². The van der Waals surface area contributed by atoms with E-state index < -0.39 is 23.3 Å². The SMILES string of the molecule is O=c1[nH]ccc2c3[nH]c(-c4c(F)cccc4F)nc3c3ccc(NCc4ccc(F)cc4F)cc3c12. The molecule has 0 atom stereocenters. The highest BCUT2D eigenvalue weighted by Gasteiger charge is 2.19. The first-order valence-corrected chi connectivity index (χ1v) is 11.0. The van der Waals surface area contributed by atoms with Gasteiger partial charge in [0.25, 0.3) is 5.56 Å². The second-order valence-corrected chi connectivity index (χ2v) is 8.35. The molecule has 0 aliphatic carbocycles. The molecule has 36 heavy (non-hydrogen) atoms. The first-order chi connectivity index (χ1) is 17.4. The zero-order valence-electron chi connectivity index (χ0n) is 18.4. The van der Waals surface area contributed by atoms with Gasteiger partial charge in [0, 0.05) is 40.8 Å². The lowest BCUT2D eigenvalue weighted by atomic mass is 10.0. The smallest absolute Gasteiger partial charge is 0.256 e. The summed E-state index contributed by atoms with van der Waals surface area (Å²) in [6.07, 6.45) is 1.49. The molecular weight excluding hydrogens is 472 g/mol. The molecule has 0 saturated heterocycles. The van der Waals surface area contributed by atoms with E-state index in [0.29, 0.717) is 38.3 Å². The second kappa shape index (κ2) is 8.23. The van der Waals surface area contributed by atoms with Crippen LogP contribution in [0.15, 0.2) is 71.7 Å². The summed E-state index contributed by atoms with van der Waals surface area (Å²) in [6, 6.07) is 13.8. The molecule has 0 bridgehead atoms. The van der Waals surface area contributed by atoms with Crippen LogP contribution in [-0.2, 0) is 6.54 Å². The quantitative estimate of drug-likeness (QED) is 0.199. The van der Waals surface area contributed by atoms with E-state index in [1.807, 2.05) is 0 Å². The molecule has 3 N–H and O–H groups in total. The van der Waals surface area contributed by atoms with Gasteiger partial charge in [0.15, 0.2) is 0 Å². The van der Waals surface area contributed by atoms with Crippen molar-refractivity contribution in [2.75, 3.05) is 5.32 Å². The zero-order valence-corrected chi connectivity index (χ0v) is 18.4. The third-order valence-electron chi connectivity index (χ3n) is 6.18. The third-order valence-corrected chi connectivity index (χ3v) is 6.18. The molecule has 0 unspecified atom stereocenters. The highest BCUT2D eigenvalue weighted by atomic mass is 19.1. The maximum Gasteiger partial charge on any atom is 0.256 e. The fraction of sp³-hybridized carbons (Fsp3) is 0.0370. The molecule has 5 nitrogen and oxygen atoms in total. The Morgan fingerprint density at radius 1 is 0.833 bits per heavy atom. The summed E-state index contributed by atoms with van der Waals surface area (Å²) in [5.41, 5.74) is 1.13. The van der Waals surface area contributed by atoms with Crippen molar-refractivity contribution in [2.24, 2.45) is 0 Å². The van der Waals surface area contributed by atoms with Gasteiger partial charge >= 0.3 is 0 Å². The summed E-state index contributed by atoms with van der Waals surface area (Å²) in [6.45, 7) is 0.0905. The summed E-state index contributed by atoms with van der Waals surface area (Å²) in [4.78, 5) is 23.0. The molecule has 0 fully saturated rings. The molecule has 2 aromatic heterocycles. The molecule has 0 saturated carbocycles. The van der Waals surface area contributed by atoms with Crippen LogP contribution in [0, 0.1) is 23.3 Å². The Labute approximate surface area is 200 Å². The fourth-order valence-electron chi connectivity index (χ4n) is 4.49. The monoisotopic (exact) mass is 488 g/mol. The maximum absolute atomic E-state index is 14.5. The number of halogens is 4. The van der Waals surface area contributed by atoms with Crippen molar-refractivity contribution in [3.8, 4) is 11.4 Å². The van der Waals surface area contributed by atoms with Crippen LogP contribution < -0.4 is 10.9 Å². The number of anilines is 1. The van der Waals surface area contributed by atoms with Gasteiger partial charge in [-0.3, -0.25) is 4.79 Å². The Morgan fingerprint density at radius 3 is 2.42 bits per heavy atom. The van der Waals surface area contributed by atoms with Crippen molar-refractivity contribution in [1.82, 2.24) is 15.0 Å². The summed E-state index contributed by atoms with van der Waals surface area (Å²) in [5, 5.41) is 5.12. The minimum atomic E-state index is -0.764. The summed E-state index contributed by atoms with van der Waals surface area (Å²) < 4.78 is 56.2. The molecule has 4 aromatic carbocycles. The lowest BCUT2D eigenvalue weighted by molar-refractivity contribution is 0.574. The minimum absolute atomic E-state index is 0.00340. The normalized spacial score (nSPS) is 11.6. The van der Waals surface area contributed by atoms with Crippen LogP contribution in [0.5, 0.6) is 0 Å². The molecule has 0 amide bonds. The third kappa shape index (κ3) is 3.48. The van der Waals surface area contributed by atoms with Crippen molar-refractivity contribution in [2.45, 2.75) is 6.54 Å². The molecule has 0 aliphatic rings. The van der Waals surface area contributed by atoms with E-state index in [0.717, 1.165) is 18.2 Å². The maximum atomic E-state index is 14.5. The molecule has 6 rings (SSSR count). The Hall–Kier alpha value is -4.66. The summed E-state index contributed by atoms with van der Waals surface area (Å²) in [7, 11) is 0. The van der Waals surface area contributed by atoms with Crippen LogP contribution in [0.4, 0.5) is 23.2 Å². The Morgan fingerprint density at radius 2 is 1.64 bits per heavy atom. The minimum Gasteiger partial charge on any atom is -0.381 e. The molecule has 6 aromatic rings. The van der Waals surface area contributed by atoms with Crippen molar-refractivity contribution in [1.29, 1.82) is 0 Å². The summed E-state index contributed by atoms with van der Waals surface area (Å²) in [5.74, 6) is -2.86. The first kappa shape index (κ1) is 21.8. The summed E-state index contributed by atoms with van der Waals surface area (Å²) >= 11 is 0. The van der Waals surface area contributed by atoms with E-state index in [2.05, 4.69) is 20.3 Å². The average molecular weight is 488 g/mol. The molecule has 0 radical (unpaired) electrons. The number of rotatable bonds is 4. The Bertz CT molecular complexity index is 1860. The van der Waals surface area contributed by atoms with Crippen LogP contribution in [0.1, 0.15) is 5.56 Å². The predicted molar refractivity (Wildman–Crippen MR) is 131 cm³/mol. The van der Waals surface area contributed by atoms with Crippen LogP contribution in [0.25, 0.3) is 44.0 Å². The highest BCUT2D eigenvalue weighted by Crippen LogP contribution is 2.36.